The molecule has 0 spiro atoms. The Hall–Kier alpha value is -0.810. The van der Waals surface area contributed by atoms with E-state index in [1.165, 1.54) is 0 Å². The first-order chi connectivity index (χ1) is 6.65. The second-order valence-electron chi connectivity index (χ2n) is 3.72. The Bertz CT molecular complexity index is 305. The maximum absolute atomic E-state index is 5.65. The van der Waals surface area contributed by atoms with Crippen LogP contribution in [0.2, 0.25) is 0 Å². The molecule has 2 heterocycles. The third-order valence-corrected chi connectivity index (χ3v) is 3.12. The maximum atomic E-state index is 5.65. The Morgan fingerprint density at radius 1 is 1.50 bits per heavy atom. The van der Waals surface area contributed by atoms with Crippen molar-refractivity contribution in [3.8, 4) is 0 Å². The van der Waals surface area contributed by atoms with Crippen LogP contribution in [0.5, 0.6) is 0 Å². The van der Waals surface area contributed by atoms with Crippen LogP contribution in [0, 0.1) is 0 Å². The minimum absolute atomic E-state index is 0.267. The quantitative estimate of drug-likeness (QED) is 0.765. The first-order valence-corrected chi connectivity index (χ1v) is 5.64. The highest BCUT2D eigenvalue weighted by molar-refractivity contribution is 7.14. The molecule has 78 valence electrons. The number of nitrogens with two attached hydrogens (primary N) is 1. The summed E-state index contributed by atoms with van der Waals surface area (Å²) in [5.41, 5.74) is 5.60. The minimum atomic E-state index is 0.267. The van der Waals surface area contributed by atoms with Gasteiger partial charge in [-0.25, -0.2) is 4.98 Å². The lowest BCUT2D eigenvalue weighted by molar-refractivity contribution is -0.00522. The number of anilines is 2. The number of ether oxygens (including phenoxy) is 1. The van der Waals surface area contributed by atoms with E-state index in [9.17, 15) is 0 Å². The predicted molar refractivity (Wildman–Crippen MR) is 58.7 cm³/mol. The number of thiazole rings is 1. The largest absolute Gasteiger partial charge is 0.383 e. The standard InChI is InChI=1S/C9H15N3OS/c1-6-3-12(4-7(2)13-6)9-11-8(10)5-14-9/h5-7H,3-4,10H2,1-2H3/t6-,7-/m1/s1. The molecule has 1 aromatic heterocycles. The highest BCUT2D eigenvalue weighted by Gasteiger charge is 2.23. The fourth-order valence-electron chi connectivity index (χ4n) is 1.76. The first-order valence-electron chi connectivity index (χ1n) is 4.76. The molecule has 0 radical (unpaired) electrons. The van der Waals surface area contributed by atoms with Crippen molar-refractivity contribution >= 4 is 22.3 Å². The van der Waals surface area contributed by atoms with Gasteiger partial charge < -0.3 is 15.4 Å². The summed E-state index contributed by atoms with van der Waals surface area (Å²) < 4.78 is 5.65. The number of hydrogen-bond donors (Lipinski definition) is 1. The highest BCUT2D eigenvalue weighted by Crippen LogP contribution is 2.24. The molecule has 1 aliphatic rings. The molecule has 14 heavy (non-hydrogen) atoms. The van der Waals surface area contributed by atoms with E-state index in [-0.39, 0.29) is 12.2 Å². The SMILES string of the molecule is C[C@@H]1CN(c2nc(N)cs2)C[C@@H](C)O1. The summed E-state index contributed by atoms with van der Waals surface area (Å²) in [5.74, 6) is 0.608. The molecule has 1 aliphatic heterocycles. The van der Waals surface area contributed by atoms with Crippen molar-refractivity contribution in [1.82, 2.24) is 4.98 Å². The van der Waals surface area contributed by atoms with Gasteiger partial charge in [0.05, 0.1) is 12.2 Å². The van der Waals surface area contributed by atoms with E-state index < -0.39 is 0 Å². The molecule has 0 aliphatic carbocycles. The summed E-state index contributed by atoms with van der Waals surface area (Å²) in [7, 11) is 0. The molecule has 1 aromatic rings. The number of hydrogen-bond acceptors (Lipinski definition) is 5. The van der Waals surface area contributed by atoms with Crippen molar-refractivity contribution in [2.75, 3.05) is 23.7 Å². The molecule has 0 unspecified atom stereocenters. The van der Waals surface area contributed by atoms with Crippen molar-refractivity contribution in [2.45, 2.75) is 26.1 Å². The zero-order valence-corrected chi connectivity index (χ0v) is 9.25. The Morgan fingerprint density at radius 3 is 2.64 bits per heavy atom. The summed E-state index contributed by atoms with van der Waals surface area (Å²) in [6.45, 7) is 5.97. The van der Waals surface area contributed by atoms with Crippen LogP contribution in [0.15, 0.2) is 5.38 Å². The number of morpholine rings is 1. The second-order valence-corrected chi connectivity index (χ2v) is 4.55. The van der Waals surface area contributed by atoms with Crippen LogP contribution in [0.3, 0.4) is 0 Å². The van der Waals surface area contributed by atoms with Crippen LogP contribution in [0.25, 0.3) is 0 Å². The van der Waals surface area contributed by atoms with Gasteiger partial charge in [-0.1, -0.05) is 0 Å². The summed E-state index contributed by atoms with van der Waals surface area (Å²) >= 11 is 1.59. The Labute approximate surface area is 87.7 Å². The van der Waals surface area contributed by atoms with Crippen LogP contribution in [0.4, 0.5) is 10.9 Å². The van der Waals surface area contributed by atoms with E-state index in [0.29, 0.717) is 5.82 Å². The molecular formula is C9H15N3OS. The molecule has 1 fully saturated rings. The molecule has 2 N–H and O–H groups in total. The van der Waals surface area contributed by atoms with Crippen molar-refractivity contribution < 1.29 is 4.74 Å². The van der Waals surface area contributed by atoms with Gasteiger partial charge in [0.25, 0.3) is 0 Å². The van der Waals surface area contributed by atoms with Crippen molar-refractivity contribution in [2.24, 2.45) is 0 Å². The zero-order chi connectivity index (χ0) is 10.1. The van der Waals surface area contributed by atoms with Gasteiger partial charge in [0.1, 0.15) is 5.82 Å². The smallest absolute Gasteiger partial charge is 0.187 e. The first kappa shape index (κ1) is 9.73. The fraction of sp³-hybridized carbons (Fsp3) is 0.667. The monoisotopic (exact) mass is 213 g/mol. The van der Waals surface area contributed by atoms with Gasteiger partial charge in [-0.2, -0.15) is 0 Å². The Morgan fingerprint density at radius 2 is 2.14 bits per heavy atom. The molecule has 2 rings (SSSR count). The lowest BCUT2D eigenvalue weighted by Crippen LogP contribution is -2.45. The fourth-order valence-corrected chi connectivity index (χ4v) is 2.49. The van der Waals surface area contributed by atoms with Gasteiger partial charge in [0.15, 0.2) is 5.13 Å². The molecule has 2 atom stereocenters. The number of rotatable bonds is 1. The van der Waals surface area contributed by atoms with E-state index in [4.69, 9.17) is 10.5 Å². The normalized spacial score (nSPS) is 28.0. The van der Waals surface area contributed by atoms with E-state index >= 15 is 0 Å². The molecule has 4 nitrogen and oxygen atoms in total. The average molecular weight is 213 g/mol. The van der Waals surface area contributed by atoms with E-state index in [1.54, 1.807) is 11.3 Å². The Balaban J connectivity index is 2.10. The summed E-state index contributed by atoms with van der Waals surface area (Å²) in [6.07, 6.45) is 0.535. The minimum Gasteiger partial charge on any atom is -0.383 e. The maximum Gasteiger partial charge on any atom is 0.187 e. The van der Waals surface area contributed by atoms with Crippen molar-refractivity contribution in [3.05, 3.63) is 5.38 Å². The van der Waals surface area contributed by atoms with Gasteiger partial charge in [-0.05, 0) is 13.8 Å². The van der Waals surface area contributed by atoms with Gasteiger partial charge in [0, 0.05) is 18.5 Å². The summed E-state index contributed by atoms with van der Waals surface area (Å²) in [6, 6.07) is 0. The molecule has 0 aromatic carbocycles. The van der Waals surface area contributed by atoms with Crippen LogP contribution in [0.1, 0.15) is 13.8 Å². The number of aromatic nitrogens is 1. The highest BCUT2D eigenvalue weighted by atomic mass is 32.1. The number of nitrogen functional groups attached to an aromatic ring is 1. The zero-order valence-electron chi connectivity index (χ0n) is 8.43. The van der Waals surface area contributed by atoms with Gasteiger partial charge in [0.2, 0.25) is 0 Å². The summed E-state index contributed by atoms with van der Waals surface area (Å²) in [5, 5.41) is 2.88. The van der Waals surface area contributed by atoms with Crippen LogP contribution in [-0.2, 0) is 4.74 Å². The van der Waals surface area contributed by atoms with Crippen molar-refractivity contribution in [1.29, 1.82) is 0 Å². The second kappa shape index (κ2) is 3.74. The molecule has 1 saturated heterocycles. The third-order valence-electron chi connectivity index (χ3n) is 2.20. The molecule has 0 saturated carbocycles. The molecule has 0 amide bonds. The van der Waals surface area contributed by atoms with E-state index in [2.05, 4.69) is 23.7 Å². The van der Waals surface area contributed by atoms with Crippen LogP contribution in [-0.4, -0.2) is 30.3 Å². The summed E-state index contributed by atoms with van der Waals surface area (Å²) in [4.78, 5) is 6.51. The average Bonchev–Trinajstić information content (AvgIpc) is 2.50. The van der Waals surface area contributed by atoms with Crippen LogP contribution >= 0.6 is 11.3 Å². The van der Waals surface area contributed by atoms with E-state index in [1.807, 2.05) is 5.38 Å². The predicted octanol–water partition coefficient (Wildman–Crippen LogP) is 1.34. The Kier molecular flexibility index (Phi) is 2.60. The lowest BCUT2D eigenvalue weighted by Gasteiger charge is -2.35. The van der Waals surface area contributed by atoms with Gasteiger partial charge >= 0.3 is 0 Å². The molecule has 0 bridgehead atoms. The topological polar surface area (TPSA) is 51.4 Å². The molecule has 5 heteroatoms. The molecular weight excluding hydrogens is 198 g/mol. The van der Waals surface area contributed by atoms with Gasteiger partial charge in [-0.3, -0.25) is 0 Å². The van der Waals surface area contributed by atoms with Crippen LogP contribution < -0.4 is 10.6 Å². The van der Waals surface area contributed by atoms with E-state index in [0.717, 1.165) is 18.2 Å². The van der Waals surface area contributed by atoms with Gasteiger partial charge in [-0.15, -0.1) is 11.3 Å². The number of nitrogens with zero attached hydrogens (tertiary/aromatic N) is 2. The third kappa shape index (κ3) is 1.99. The lowest BCUT2D eigenvalue weighted by atomic mass is 10.2. The van der Waals surface area contributed by atoms with Crippen molar-refractivity contribution in [3.63, 3.8) is 0 Å².